The summed E-state index contributed by atoms with van der Waals surface area (Å²) in [7, 11) is 0. The smallest absolute Gasteiger partial charge is 0.349 e. The Kier molecular flexibility index (Phi) is 8.24. The highest BCUT2D eigenvalue weighted by atomic mass is 35.5. The predicted molar refractivity (Wildman–Crippen MR) is 150 cm³/mol. The van der Waals surface area contributed by atoms with E-state index >= 15 is 0 Å². The van der Waals surface area contributed by atoms with Crippen LogP contribution < -0.4 is 10.6 Å². The molecule has 2 aromatic heterocycles. The Hall–Kier alpha value is -3.97. The highest BCUT2D eigenvalue weighted by molar-refractivity contribution is 6.36. The minimum Gasteiger partial charge on any atom is -0.349 e. The summed E-state index contributed by atoms with van der Waals surface area (Å²) in [4.78, 5) is 26.9. The van der Waals surface area contributed by atoms with Gasteiger partial charge < -0.3 is 10.6 Å². The lowest BCUT2D eigenvalue weighted by atomic mass is 10.1. The summed E-state index contributed by atoms with van der Waals surface area (Å²) in [5.74, 6) is -2.37. The molecule has 1 fully saturated rings. The Labute approximate surface area is 248 Å². The Balaban J connectivity index is 1.58. The molecule has 1 aromatic carbocycles. The van der Waals surface area contributed by atoms with E-state index in [1.54, 1.807) is 25.1 Å². The van der Waals surface area contributed by atoms with Gasteiger partial charge in [-0.25, -0.2) is 9.36 Å². The second-order valence-electron chi connectivity index (χ2n) is 10.0. The monoisotopic (exact) mass is 620 g/mol. The zero-order valence-electron chi connectivity index (χ0n) is 22.5. The van der Waals surface area contributed by atoms with Gasteiger partial charge in [0.25, 0.3) is 17.6 Å². The van der Waals surface area contributed by atoms with Crippen LogP contribution in [0.4, 0.5) is 18.9 Å². The van der Waals surface area contributed by atoms with Crippen molar-refractivity contribution in [3.05, 3.63) is 80.4 Å². The van der Waals surface area contributed by atoms with Gasteiger partial charge in [-0.2, -0.15) is 18.3 Å². The Morgan fingerprint density at radius 3 is 2.60 bits per heavy atom. The molecule has 0 spiro atoms. The summed E-state index contributed by atoms with van der Waals surface area (Å²) in [5, 5.41) is 20.4. The number of alkyl halides is 3. The molecule has 2 heterocycles. The number of hydrogen-bond donors (Lipinski definition) is 2. The molecule has 15 heteroatoms. The number of nitrogens with zero attached hydrogens (tertiary/aromatic N) is 6. The SMILES string of the molecule is CC1=C(n2nc(Cn3nnnc3C(F)(F)F)cc2C(=O)Nc2c(C)cc(Cl)cc2C(=O)NC2CC2)C(Cl)=CC=CCC1. The lowest BCUT2D eigenvalue weighted by Crippen LogP contribution is -2.28. The minimum absolute atomic E-state index is 0.0278. The second kappa shape index (κ2) is 11.7. The number of allylic oxidation sites excluding steroid dienone is 6. The molecule has 2 aliphatic carbocycles. The largest absolute Gasteiger partial charge is 0.453 e. The average Bonchev–Trinajstić information content (AvgIpc) is 3.42. The third-order valence-electron chi connectivity index (χ3n) is 6.69. The molecule has 2 amide bonds. The van der Waals surface area contributed by atoms with Gasteiger partial charge in [0.2, 0.25) is 0 Å². The van der Waals surface area contributed by atoms with Gasteiger partial charge in [-0.05, 0) is 85.4 Å². The number of aromatic nitrogens is 6. The van der Waals surface area contributed by atoms with E-state index in [4.69, 9.17) is 23.2 Å². The quantitative estimate of drug-likeness (QED) is 0.347. The van der Waals surface area contributed by atoms with Crippen molar-refractivity contribution in [2.75, 3.05) is 5.32 Å². The van der Waals surface area contributed by atoms with Crippen molar-refractivity contribution in [1.82, 2.24) is 35.3 Å². The molecule has 0 radical (unpaired) electrons. The fourth-order valence-electron chi connectivity index (χ4n) is 4.50. The molecule has 2 N–H and O–H groups in total. The van der Waals surface area contributed by atoms with Gasteiger partial charge in [0.05, 0.1) is 34.2 Å². The maximum absolute atomic E-state index is 13.9. The van der Waals surface area contributed by atoms with Crippen LogP contribution in [0.25, 0.3) is 5.70 Å². The molecule has 2 aliphatic rings. The van der Waals surface area contributed by atoms with Crippen LogP contribution in [0.5, 0.6) is 0 Å². The maximum Gasteiger partial charge on any atom is 0.453 e. The number of anilines is 1. The van der Waals surface area contributed by atoms with E-state index in [0.29, 0.717) is 33.8 Å². The normalized spacial score (nSPS) is 15.7. The fourth-order valence-corrected chi connectivity index (χ4v) is 5.08. The van der Waals surface area contributed by atoms with Gasteiger partial charge in [0, 0.05) is 11.1 Å². The topological polar surface area (TPSA) is 120 Å². The molecule has 0 saturated heterocycles. The van der Waals surface area contributed by atoms with Crippen LogP contribution >= 0.6 is 23.2 Å². The Bertz CT molecular complexity index is 1650. The van der Waals surface area contributed by atoms with Crippen LogP contribution in [0.1, 0.15) is 70.5 Å². The molecule has 0 bridgehead atoms. The van der Waals surface area contributed by atoms with Crippen LogP contribution in [0.15, 0.2) is 47.0 Å². The number of halogens is 5. The number of aryl methyl sites for hydroxylation is 1. The predicted octanol–water partition coefficient (Wildman–Crippen LogP) is 5.75. The Morgan fingerprint density at radius 1 is 1.12 bits per heavy atom. The molecular weight excluding hydrogens is 596 g/mol. The van der Waals surface area contributed by atoms with Crippen molar-refractivity contribution < 1.29 is 22.8 Å². The number of carbonyl (C=O) groups excluding carboxylic acids is 2. The number of tetrazole rings is 1. The number of hydrogen-bond acceptors (Lipinski definition) is 6. The molecule has 3 aromatic rings. The third kappa shape index (κ3) is 6.41. The number of benzene rings is 1. The van der Waals surface area contributed by atoms with Gasteiger partial charge >= 0.3 is 6.18 Å². The molecule has 1 saturated carbocycles. The Morgan fingerprint density at radius 2 is 1.88 bits per heavy atom. The summed E-state index contributed by atoms with van der Waals surface area (Å²) >= 11 is 12.9. The third-order valence-corrected chi connectivity index (χ3v) is 7.22. The van der Waals surface area contributed by atoms with Crippen molar-refractivity contribution in [2.24, 2.45) is 0 Å². The molecular formula is C27H25Cl2F3N8O2. The van der Waals surface area contributed by atoms with E-state index in [1.807, 2.05) is 13.0 Å². The fraction of sp³-hybridized carbons (Fsp3) is 0.333. The van der Waals surface area contributed by atoms with E-state index < -0.39 is 24.5 Å². The first-order valence-electron chi connectivity index (χ1n) is 13.0. The van der Waals surface area contributed by atoms with Crippen LogP contribution in [-0.2, 0) is 12.7 Å². The lowest BCUT2D eigenvalue weighted by molar-refractivity contribution is -0.147. The van der Waals surface area contributed by atoms with Crippen LogP contribution in [0, 0.1) is 6.92 Å². The lowest BCUT2D eigenvalue weighted by Gasteiger charge is -2.17. The summed E-state index contributed by atoms with van der Waals surface area (Å²) in [6.45, 7) is 3.06. The molecule has 220 valence electrons. The van der Waals surface area contributed by atoms with Gasteiger partial charge in [0.1, 0.15) is 5.69 Å². The molecule has 42 heavy (non-hydrogen) atoms. The molecule has 0 atom stereocenters. The molecule has 10 nitrogen and oxygen atoms in total. The molecule has 0 aliphatic heterocycles. The van der Waals surface area contributed by atoms with Gasteiger partial charge in [-0.1, -0.05) is 35.4 Å². The maximum atomic E-state index is 13.9. The molecule has 5 rings (SSSR count). The van der Waals surface area contributed by atoms with E-state index in [9.17, 15) is 22.8 Å². The highest BCUT2D eigenvalue weighted by Crippen LogP contribution is 2.32. The highest BCUT2D eigenvalue weighted by Gasteiger charge is 2.38. The number of amides is 2. The van der Waals surface area contributed by atoms with Crippen LogP contribution in [0.3, 0.4) is 0 Å². The molecule has 0 unspecified atom stereocenters. The van der Waals surface area contributed by atoms with Gasteiger partial charge in [0.15, 0.2) is 0 Å². The first-order valence-corrected chi connectivity index (χ1v) is 13.8. The number of rotatable bonds is 7. The second-order valence-corrected chi connectivity index (χ2v) is 10.9. The van der Waals surface area contributed by atoms with Gasteiger partial charge in [-0.3, -0.25) is 9.59 Å². The van der Waals surface area contributed by atoms with Gasteiger partial charge in [-0.15, -0.1) is 5.10 Å². The van der Waals surface area contributed by atoms with Crippen molar-refractivity contribution in [1.29, 1.82) is 0 Å². The van der Waals surface area contributed by atoms with E-state index in [2.05, 4.69) is 31.3 Å². The van der Waals surface area contributed by atoms with E-state index in [0.717, 1.165) is 18.4 Å². The zero-order chi connectivity index (χ0) is 30.2. The minimum atomic E-state index is -4.80. The standard InChI is InChI=1S/C27H25Cl2F3N8O2/c1-14-6-4-3-5-7-20(29)23(14)40-21(12-18(36-40)13-39-26(27(30,31)32)35-37-38-39)25(42)34-22-15(2)10-16(28)11-19(22)24(41)33-17-8-9-17/h3,5,7,10-12,17H,4,6,8-9,13H2,1-2H3,(H,33,41)(H,34,42). The summed E-state index contributed by atoms with van der Waals surface area (Å²) in [6.07, 6.45) is 3.60. The first kappa shape index (κ1) is 29.5. The van der Waals surface area contributed by atoms with E-state index in [1.165, 1.54) is 16.8 Å². The summed E-state index contributed by atoms with van der Waals surface area (Å²) in [5.41, 5.74) is 2.21. The first-order chi connectivity index (χ1) is 19.9. The average molecular weight is 621 g/mol. The van der Waals surface area contributed by atoms with Crippen molar-refractivity contribution in [3.63, 3.8) is 0 Å². The van der Waals surface area contributed by atoms with Crippen LogP contribution in [-0.4, -0.2) is 47.8 Å². The van der Waals surface area contributed by atoms with Crippen LogP contribution in [0.2, 0.25) is 5.02 Å². The van der Waals surface area contributed by atoms with Crippen molar-refractivity contribution in [2.45, 2.75) is 58.3 Å². The number of nitrogens with one attached hydrogen (secondary N) is 2. The van der Waals surface area contributed by atoms with Crippen molar-refractivity contribution in [3.8, 4) is 0 Å². The summed E-state index contributed by atoms with van der Waals surface area (Å²) in [6, 6.07) is 4.48. The number of carbonyl (C=O) groups is 2. The van der Waals surface area contributed by atoms with E-state index in [-0.39, 0.29) is 39.6 Å². The zero-order valence-corrected chi connectivity index (χ0v) is 24.0. The summed E-state index contributed by atoms with van der Waals surface area (Å²) < 4.78 is 42.2. The van der Waals surface area contributed by atoms with Crippen molar-refractivity contribution >= 4 is 46.4 Å².